The fraction of sp³-hybridized carbons (Fsp3) is 0.250. The molecule has 4 rings (SSSR count). The second-order valence-electron chi connectivity index (χ2n) is 7.95. The summed E-state index contributed by atoms with van der Waals surface area (Å²) in [5.41, 5.74) is 7.46. The van der Waals surface area contributed by atoms with Crippen LogP contribution in [0.1, 0.15) is 42.1 Å². The molecule has 0 unspecified atom stereocenters. The standard InChI is InChI=1S/C28H29NO2/c1-3-4-10-25-27(18-30)29-26-13-8-7-12-24(26)28(25)31-19-21-14-16-22(17-15-21)23-11-6-5-9-20(23)2/h5-9,11-17,30H,3-4,10,18-19H2,1-2H3. The van der Waals surface area contributed by atoms with Gasteiger partial charge < -0.3 is 9.84 Å². The molecule has 4 aromatic rings. The predicted molar refractivity (Wildman–Crippen MR) is 127 cm³/mol. The number of para-hydroxylation sites is 1. The number of hydrogen-bond donors (Lipinski definition) is 1. The van der Waals surface area contributed by atoms with Gasteiger partial charge in [0, 0.05) is 10.9 Å². The first-order valence-electron chi connectivity index (χ1n) is 11.0. The lowest BCUT2D eigenvalue weighted by molar-refractivity contribution is 0.271. The maximum absolute atomic E-state index is 9.93. The Morgan fingerprint density at radius 2 is 1.65 bits per heavy atom. The molecule has 1 N–H and O–H groups in total. The van der Waals surface area contributed by atoms with Crippen LogP contribution in [0, 0.1) is 6.92 Å². The summed E-state index contributed by atoms with van der Waals surface area (Å²) in [5, 5.41) is 10.9. The van der Waals surface area contributed by atoms with Gasteiger partial charge in [-0.15, -0.1) is 0 Å². The van der Waals surface area contributed by atoms with Gasteiger partial charge in [0.05, 0.1) is 17.8 Å². The molecule has 0 saturated heterocycles. The van der Waals surface area contributed by atoms with Gasteiger partial charge in [-0.1, -0.05) is 74.0 Å². The average Bonchev–Trinajstić information content (AvgIpc) is 2.81. The van der Waals surface area contributed by atoms with Crippen molar-refractivity contribution in [2.24, 2.45) is 0 Å². The molecule has 31 heavy (non-hydrogen) atoms. The highest BCUT2D eigenvalue weighted by Gasteiger charge is 2.16. The highest BCUT2D eigenvalue weighted by atomic mass is 16.5. The van der Waals surface area contributed by atoms with E-state index in [1.807, 2.05) is 18.2 Å². The summed E-state index contributed by atoms with van der Waals surface area (Å²) in [4.78, 5) is 4.69. The Kier molecular flexibility index (Phi) is 6.63. The normalized spacial score (nSPS) is 11.1. The highest BCUT2D eigenvalue weighted by molar-refractivity contribution is 5.86. The lowest BCUT2D eigenvalue weighted by atomic mass is 10.00. The molecule has 3 aromatic carbocycles. The topological polar surface area (TPSA) is 42.4 Å². The van der Waals surface area contributed by atoms with Gasteiger partial charge in [0.2, 0.25) is 0 Å². The monoisotopic (exact) mass is 411 g/mol. The van der Waals surface area contributed by atoms with Crippen molar-refractivity contribution in [3.8, 4) is 16.9 Å². The van der Waals surface area contributed by atoms with E-state index < -0.39 is 0 Å². The predicted octanol–water partition coefficient (Wildman–Crippen LogP) is 6.62. The van der Waals surface area contributed by atoms with Gasteiger partial charge in [0.25, 0.3) is 0 Å². The fourth-order valence-electron chi connectivity index (χ4n) is 4.01. The summed E-state index contributed by atoms with van der Waals surface area (Å²) in [6.45, 7) is 4.71. The highest BCUT2D eigenvalue weighted by Crippen LogP contribution is 2.33. The number of hydrogen-bond acceptors (Lipinski definition) is 3. The fourth-order valence-corrected chi connectivity index (χ4v) is 4.01. The minimum atomic E-state index is -0.0780. The maximum Gasteiger partial charge on any atom is 0.134 e. The minimum absolute atomic E-state index is 0.0780. The zero-order chi connectivity index (χ0) is 21.6. The van der Waals surface area contributed by atoms with E-state index >= 15 is 0 Å². The number of aliphatic hydroxyl groups excluding tert-OH is 1. The average molecular weight is 412 g/mol. The van der Waals surface area contributed by atoms with Gasteiger partial charge in [-0.3, -0.25) is 0 Å². The first kappa shape index (κ1) is 21.1. The van der Waals surface area contributed by atoms with Crippen molar-refractivity contribution in [1.29, 1.82) is 0 Å². The summed E-state index contributed by atoms with van der Waals surface area (Å²) < 4.78 is 6.39. The molecule has 0 spiro atoms. The second-order valence-corrected chi connectivity index (χ2v) is 7.95. The number of fused-ring (bicyclic) bond motifs is 1. The molecule has 0 fully saturated rings. The number of rotatable bonds is 8. The van der Waals surface area contributed by atoms with Crippen molar-refractivity contribution in [3.05, 3.63) is 95.2 Å². The van der Waals surface area contributed by atoms with Crippen LogP contribution in [-0.2, 0) is 19.6 Å². The van der Waals surface area contributed by atoms with Gasteiger partial charge in [-0.2, -0.15) is 0 Å². The summed E-state index contributed by atoms with van der Waals surface area (Å²) in [7, 11) is 0. The summed E-state index contributed by atoms with van der Waals surface area (Å²) in [5.74, 6) is 0.853. The third-order valence-corrected chi connectivity index (χ3v) is 5.75. The Morgan fingerprint density at radius 1 is 0.903 bits per heavy atom. The van der Waals surface area contributed by atoms with Crippen molar-refractivity contribution in [3.63, 3.8) is 0 Å². The first-order chi connectivity index (χ1) is 15.2. The number of aromatic nitrogens is 1. The van der Waals surface area contributed by atoms with Crippen LogP contribution in [0.5, 0.6) is 5.75 Å². The van der Waals surface area contributed by atoms with E-state index in [-0.39, 0.29) is 6.61 Å². The first-order valence-corrected chi connectivity index (χ1v) is 11.0. The van der Waals surface area contributed by atoms with Crippen LogP contribution in [0.15, 0.2) is 72.8 Å². The molecule has 3 heteroatoms. The van der Waals surface area contributed by atoms with E-state index in [2.05, 4.69) is 73.4 Å². The van der Waals surface area contributed by atoms with Crippen LogP contribution in [0.2, 0.25) is 0 Å². The number of benzene rings is 3. The lowest BCUT2D eigenvalue weighted by Gasteiger charge is -2.17. The maximum atomic E-state index is 9.93. The van der Waals surface area contributed by atoms with E-state index in [1.165, 1.54) is 16.7 Å². The SMILES string of the molecule is CCCCc1c(CO)nc2ccccc2c1OCc1ccc(-c2ccccc2C)cc1. The summed E-state index contributed by atoms with van der Waals surface area (Å²) in [6, 6.07) is 25.0. The quantitative estimate of drug-likeness (QED) is 0.354. The number of nitrogens with zero attached hydrogens (tertiary/aromatic N) is 1. The Hall–Kier alpha value is -3.17. The molecule has 0 aliphatic rings. The van der Waals surface area contributed by atoms with Gasteiger partial charge in [0.15, 0.2) is 0 Å². The zero-order valence-electron chi connectivity index (χ0n) is 18.3. The second kappa shape index (κ2) is 9.76. The number of ether oxygens (including phenoxy) is 1. The van der Waals surface area contributed by atoms with E-state index in [0.717, 1.165) is 52.7 Å². The van der Waals surface area contributed by atoms with E-state index in [4.69, 9.17) is 4.74 Å². The van der Waals surface area contributed by atoms with Crippen LogP contribution in [0.25, 0.3) is 22.0 Å². The van der Waals surface area contributed by atoms with Crippen LogP contribution in [0.4, 0.5) is 0 Å². The van der Waals surface area contributed by atoms with Gasteiger partial charge in [-0.05, 0) is 54.2 Å². The third kappa shape index (κ3) is 4.62. The minimum Gasteiger partial charge on any atom is -0.488 e. The molecule has 1 heterocycles. The molecule has 1 aromatic heterocycles. The van der Waals surface area contributed by atoms with Gasteiger partial charge >= 0.3 is 0 Å². The number of aryl methyl sites for hydroxylation is 1. The molecule has 0 saturated carbocycles. The molecule has 3 nitrogen and oxygen atoms in total. The molecule has 158 valence electrons. The largest absolute Gasteiger partial charge is 0.488 e. The molecule has 0 aliphatic heterocycles. The van der Waals surface area contributed by atoms with Crippen LogP contribution < -0.4 is 4.74 Å². The molecule has 0 amide bonds. The van der Waals surface area contributed by atoms with Crippen LogP contribution >= 0.6 is 0 Å². The number of aliphatic hydroxyl groups is 1. The van der Waals surface area contributed by atoms with Crippen molar-refractivity contribution in [1.82, 2.24) is 4.98 Å². The van der Waals surface area contributed by atoms with Crippen molar-refractivity contribution in [2.45, 2.75) is 46.3 Å². The van der Waals surface area contributed by atoms with E-state index in [9.17, 15) is 5.11 Å². The molecular weight excluding hydrogens is 382 g/mol. The van der Waals surface area contributed by atoms with Crippen molar-refractivity contribution >= 4 is 10.9 Å². The molecule has 0 aliphatic carbocycles. The molecule has 0 bridgehead atoms. The molecule has 0 atom stereocenters. The Morgan fingerprint density at radius 3 is 2.39 bits per heavy atom. The van der Waals surface area contributed by atoms with Gasteiger partial charge in [-0.25, -0.2) is 4.98 Å². The zero-order valence-corrected chi connectivity index (χ0v) is 18.3. The van der Waals surface area contributed by atoms with Gasteiger partial charge in [0.1, 0.15) is 12.4 Å². The third-order valence-electron chi connectivity index (χ3n) is 5.75. The van der Waals surface area contributed by atoms with Crippen LogP contribution in [0.3, 0.4) is 0 Å². The number of unbranched alkanes of at least 4 members (excludes halogenated alkanes) is 1. The van der Waals surface area contributed by atoms with Crippen molar-refractivity contribution in [2.75, 3.05) is 0 Å². The Bertz CT molecular complexity index is 1170. The molecule has 0 radical (unpaired) electrons. The summed E-state index contributed by atoms with van der Waals surface area (Å²) >= 11 is 0. The van der Waals surface area contributed by atoms with Crippen LogP contribution in [-0.4, -0.2) is 10.1 Å². The molecular formula is C28H29NO2. The number of pyridine rings is 1. The Labute approximate surface area is 184 Å². The lowest BCUT2D eigenvalue weighted by Crippen LogP contribution is -2.06. The smallest absolute Gasteiger partial charge is 0.134 e. The van der Waals surface area contributed by atoms with Crippen molar-refractivity contribution < 1.29 is 9.84 Å². The Balaban J connectivity index is 1.63. The van der Waals surface area contributed by atoms with E-state index in [0.29, 0.717) is 6.61 Å². The summed E-state index contributed by atoms with van der Waals surface area (Å²) in [6.07, 6.45) is 2.97. The van der Waals surface area contributed by atoms with E-state index in [1.54, 1.807) is 0 Å².